The van der Waals surface area contributed by atoms with E-state index in [2.05, 4.69) is 35.6 Å². The van der Waals surface area contributed by atoms with Crippen molar-refractivity contribution in [1.82, 2.24) is 5.32 Å². The second-order valence-corrected chi connectivity index (χ2v) is 5.82. The molecule has 0 saturated heterocycles. The van der Waals surface area contributed by atoms with Gasteiger partial charge in [-0.05, 0) is 29.7 Å². The quantitative estimate of drug-likeness (QED) is 0.865. The summed E-state index contributed by atoms with van der Waals surface area (Å²) in [4.78, 5) is 0. The van der Waals surface area contributed by atoms with Crippen molar-refractivity contribution in [2.75, 3.05) is 0 Å². The van der Waals surface area contributed by atoms with Crippen LogP contribution in [0.2, 0.25) is 10.0 Å². The fourth-order valence-corrected chi connectivity index (χ4v) is 2.87. The maximum atomic E-state index is 6.16. The summed E-state index contributed by atoms with van der Waals surface area (Å²) in [6.07, 6.45) is 1.20. The van der Waals surface area contributed by atoms with Gasteiger partial charge in [-0.25, -0.2) is 0 Å². The molecule has 0 aromatic heterocycles. The second kappa shape index (κ2) is 5.54. The van der Waals surface area contributed by atoms with Crippen LogP contribution in [0.3, 0.4) is 0 Å². The molecule has 1 N–H and O–H groups in total. The Morgan fingerprint density at radius 3 is 2.58 bits per heavy atom. The molecule has 0 heterocycles. The lowest BCUT2D eigenvalue weighted by atomic mass is 10.1. The number of rotatable bonds is 4. The molecular weight excluding hydrogens is 277 g/mol. The monoisotopic (exact) mass is 291 g/mol. The van der Waals surface area contributed by atoms with Crippen molar-refractivity contribution in [3.05, 3.63) is 69.7 Å². The summed E-state index contributed by atoms with van der Waals surface area (Å²) in [5, 5.41) is 4.97. The van der Waals surface area contributed by atoms with Gasteiger partial charge >= 0.3 is 0 Å². The van der Waals surface area contributed by atoms with Gasteiger partial charge in [-0.15, -0.1) is 0 Å². The first-order valence-electron chi connectivity index (χ1n) is 6.46. The Bertz CT molecular complexity index is 568. The van der Waals surface area contributed by atoms with Gasteiger partial charge in [0.15, 0.2) is 0 Å². The van der Waals surface area contributed by atoms with Crippen molar-refractivity contribution >= 4 is 23.2 Å². The molecule has 3 heteroatoms. The molecule has 0 amide bonds. The minimum absolute atomic E-state index is 0.564. The Hall–Kier alpha value is -1.02. The van der Waals surface area contributed by atoms with Gasteiger partial charge in [0, 0.05) is 28.5 Å². The number of hydrogen-bond donors (Lipinski definition) is 1. The van der Waals surface area contributed by atoms with Gasteiger partial charge in [-0.3, -0.25) is 0 Å². The Balaban J connectivity index is 1.57. The molecule has 0 spiro atoms. The average Bonchev–Trinajstić information content (AvgIpc) is 3.18. The molecule has 0 unspecified atom stereocenters. The minimum atomic E-state index is 0.564. The first kappa shape index (κ1) is 13.0. The van der Waals surface area contributed by atoms with Gasteiger partial charge in [0.25, 0.3) is 0 Å². The molecule has 1 nitrogen and oxygen atoms in total. The average molecular weight is 292 g/mol. The molecule has 19 heavy (non-hydrogen) atoms. The Kier molecular flexibility index (Phi) is 3.79. The van der Waals surface area contributed by atoms with Crippen molar-refractivity contribution in [1.29, 1.82) is 0 Å². The van der Waals surface area contributed by atoms with Crippen LogP contribution in [0, 0.1) is 0 Å². The Labute approximate surface area is 123 Å². The zero-order valence-electron chi connectivity index (χ0n) is 10.4. The molecule has 2 aromatic rings. The smallest absolute Gasteiger partial charge is 0.0465 e. The maximum Gasteiger partial charge on any atom is 0.0465 e. The third-order valence-electron chi connectivity index (χ3n) is 3.59. The number of benzene rings is 2. The maximum absolute atomic E-state index is 6.16. The van der Waals surface area contributed by atoms with Gasteiger partial charge in [0.2, 0.25) is 0 Å². The number of halogens is 2. The third-order valence-corrected chi connectivity index (χ3v) is 4.17. The van der Waals surface area contributed by atoms with E-state index < -0.39 is 0 Å². The topological polar surface area (TPSA) is 12.0 Å². The molecule has 3 rings (SSSR count). The van der Waals surface area contributed by atoms with Crippen molar-refractivity contribution in [3.8, 4) is 0 Å². The minimum Gasteiger partial charge on any atom is -0.309 e. The van der Waals surface area contributed by atoms with Crippen LogP contribution in [-0.4, -0.2) is 6.04 Å². The van der Waals surface area contributed by atoms with Crippen LogP contribution < -0.4 is 5.32 Å². The fraction of sp³-hybridized carbons (Fsp3) is 0.250. The highest BCUT2D eigenvalue weighted by molar-refractivity contribution is 6.35. The Morgan fingerprint density at radius 1 is 1.05 bits per heavy atom. The number of hydrogen-bond acceptors (Lipinski definition) is 1. The predicted octanol–water partition coefficient (Wildman–Crippen LogP) is 4.64. The molecule has 0 bridgehead atoms. The van der Waals surface area contributed by atoms with Crippen LogP contribution in [0.5, 0.6) is 0 Å². The van der Waals surface area contributed by atoms with Gasteiger partial charge in [0.1, 0.15) is 0 Å². The summed E-state index contributed by atoms with van der Waals surface area (Å²) in [5.74, 6) is 0.646. The van der Waals surface area contributed by atoms with E-state index in [9.17, 15) is 0 Å². The lowest BCUT2D eigenvalue weighted by Crippen LogP contribution is -2.17. The van der Waals surface area contributed by atoms with E-state index in [4.69, 9.17) is 23.2 Å². The highest BCUT2D eigenvalue weighted by atomic mass is 35.5. The molecule has 0 aliphatic heterocycles. The van der Waals surface area contributed by atoms with E-state index in [1.54, 1.807) is 6.07 Å². The molecule has 0 radical (unpaired) electrons. The number of nitrogens with one attached hydrogen (secondary N) is 1. The van der Waals surface area contributed by atoms with Crippen LogP contribution in [0.15, 0.2) is 48.5 Å². The van der Waals surface area contributed by atoms with E-state index in [-0.39, 0.29) is 0 Å². The normalized spacial score (nSPS) is 21.4. The molecule has 98 valence electrons. The summed E-state index contributed by atoms with van der Waals surface area (Å²) in [5.41, 5.74) is 2.52. The Morgan fingerprint density at radius 2 is 1.84 bits per heavy atom. The van der Waals surface area contributed by atoms with E-state index in [0.29, 0.717) is 17.0 Å². The molecule has 1 fully saturated rings. The lowest BCUT2D eigenvalue weighted by Gasteiger charge is -2.07. The van der Waals surface area contributed by atoms with Crippen LogP contribution >= 0.6 is 23.2 Å². The van der Waals surface area contributed by atoms with Crippen molar-refractivity contribution < 1.29 is 0 Å². The zero-order chi connectivity index (χ0) is 13.2. The predicted molar refractivity (Wildman–Crippen MR) is 80.9 cm³/mol. The van der Waals surface area contributed by atoms with E-state index >= 15 is 0 Å². The van der Waals surface area contributed by atoms with Gasteiger partial charge in [0.05, 0.1) is 0 Å². The SMILES string of the molecule is Clc1ccc(CN[C@H]2C[C@@H]2c2ccccc2)c(Cl)c1. The van der Waals surface area contributed by atoms with Crippen LogP contribution in [0.4, 0.5) is 0 Å². The summed E-state index contributed by atoms with van der Waals surface area (Å²) in [7, 11) is 0. The highest BCUT2D eigenvalue weighted by Gasteiger charge is 2.37. The second-order valence-electron chi connectivity index (χ2n) is 4.98. The highest BCUT2D eigenvalue weighted by Crippen LogP contribution is 2.40. The zero-order valence-corrected chi connectivity index (χ0v) is 12.0. The van der Waals surface area contributed by atoms with Crippen LogP contribution in [-0.2, 0) is 6.54 Å². The first-order valence-corrected chi connectivity index (χ1v) is 7.22. The van der Waals surface area contributed by atoms with Crippen LogP contribution in [0.25, 0.3) is 0 Å². The molecule has 1 saturated carbocycles. The summed E-state index contributed by atoms with van der Waals surface area (Å²) in [6.45, 7) is 0.796. The first-order chi connectivity index (χ1) is 9.24. The molecule has 1 aliphatic carbocycles. The largest absolute Gasteiger partial charge is 0.309 e. The van der Waals surface area contributed by atoms with Crippen LogP contribution in [0.1, 0.15) is 23.5 Å². The van der Waals surface area contributed by atoms with Gasteiger partial charge in [-0.1, -0.05) is 59.6 Å². The molecule has 1 aliphatic rings. The fourth-order valence-electron chi connectivity index (χ4n) is 2.40. The third kappa shape index (κ3) is 3.11. The summed E-state index contributed by atoms with van der Waals surface area (Å²) in [6, 6.07) is 16.9. The van der Waals surface area contributed by atoms with Crippen molar-refractivity contribution in [2.45, 2.75) is 24.9 Å². The van der Waals surface area contributed by atoms with Crippen molar-refractivity contribution in [3.63, 3.8) is 0 Å². The van der Waals surface area contributed by atoms with Crippen molar-refractivity contribution in [2.24, 2.45) is 0 Å². The van der Waals surface area contributed by atoms with E-state index in [1.807, 2.05) is 12.1 Å². The van der Waals surface area contributed by atoms with E-state index in [0.717, 1.165) is 17.1 Å². The van der Waals surface area contributed by atoms with Gasteiger partial charge < -0.3 is 5.32 Å². The van der Waals surface area contributed by atoms with E-state index in [1.165, 1.54) is 12.0 Å². The summed E-state index contributed by atoms with van der Waals surface area (Å²) < 4.78 is 0. The lowest BCUT2D eigenvalue weighted by molar-refractivity contribution is 0.673. The standard InChI is InChI=1S/C16H15Cl2N/c17-13-7-6-12(15(18)8-13)10-19-16-9-14(16)11-4-2-1-3-5-11/h1-8,14,16,19H,9-10H2/t14-,16+/m1/s1. The molecule has 2 atom stereocenters. The summed E-state index contributed by atoms with van der Waals surface area (Å²) >= 11 is 12.1. The molecular formula is C16H15Cl2N. The molecule has 2 aromatic carbocycles. The van der Waals surface area contributed by atoms with Gasteiger partial charge in [-0.2, -0.15) is 0 Å².